The van der Waals surface area contributed by atoms with E-state index in [1.54, 1.807) is 7.11 Å². The molecule has 1 N–H and O–H groups in total. The summed E-state index contributed by atoms with van der Waals surface area (Å²) in [6, 6.07) is 18.3. The summed E-state index contributed by atoms with van der Waals surface area (Å²) in [5.74, 6) is 2.43. The van der Waals surface area contributed by atoms with Crippen LogP contribution >= 0.6 is 0 Å². The van der Waals surface area contributed by atoms with Gasteiger partial charge in [-0.25, -0.2) is 9.97 Å². The third-order valence-electron chi connectivity index (χ3n) is 3.76. The second-order valence-electron chi connectivity index (χ2n) is 5.76. The van der Waals surface area contributed by atoms with Crippen molar-refractivity contribution in [3.05, 3.63) is 71.5 Å². The molecule has 0 aliphatic carbocycles. The highest BCUT2D eigenvalue weighted by atomic mass is 16.5. The van der Waals surface area contributed by atoms with Gasteiger partial charge in [-0.05, 0) is 37.6 Å². The molecule has 3 aromatic rings. The molecule has 0 saturated heterocycles. The Morgan fingerprint density at radius 1 is 0.958 bits per heavy atom. The minimum absolute atomic E-state index is 0.681. The highest BCUT2D eigenvalue weighted by Crippen LogP contribution is 2.21. The number of aromatic nitrogens is 2. The summed E-state index contributed by atoms with van der Waals surface area (Å²) < 4.78 is 5.26. The molecule has 122 valence electrons. The number of nitrogens with zero attached hydrogens (tertiary/aromatic N) is 2. The van der Waals surface area contributed by atoms with Crippen LogP contribution in [0.25, 0.3) is 11.3 Å². The van der Waals surface area contributed by atoms with Crippen molar-refractivity contribution in [3.8, 4) is 17.0 Å². The van der Waals surface area contributed by atoms with E-state index >= 15 is 0 Å². The summed E-state index contributed by atoms with van der Waals surface area (Å²) in [5, 5.41) is 3.37. The van der Waals surface area contributed by atoms with Gasteiger partial charge in [0, 0.05) is 18.2 Å². The summed E-state index contributed by atoms with van der Waals surface area (Å²) in [6.07, 6.45) is 0. The normalized spacial score (nSPS) is 10.5. The predicted octanol–water partition coefficient (Wildman–Crippen LogP) is 4.38. The van der Waals surface area contributed by atoms with Gasteiger partial charge < -0.3 is 10.1 Å². The van der Waals surface area contributed by atoms with Crippen LogP contribution in [0.15, 0.2) is 54.6 Å². The molecule has 0 aliphatic rings. The number of nitrogens with one attached hydrogen (secondary N) is 1. The third-order valence-corrected chi connectivity index (χ3v) is 3.76. The van der Waals surface area contributed by atoms with Gasteiger partial charge >= 0.3 is 0 Å². The van der Waals surface area contributed by atoms with Crippen molar-refractivity contribution in [1.82, 2.24) is 9.97 Å². The molecule has 0 atom stereocenters. The minimum Gasteiger partial charge on any atom is -0.497 e. The number of ether oxygens (including phenoxy) is 1. The molecule has 4 nitrogen and oxygen atoms in total. The Hall–Kier alpha value is -2.88. The molecular weight excluding hydrogens is 298 g/mol. The largest absolute Gasteiger partial charge is 0.497 e. The second-order valence-corrected chi connectivity index (χ2v) is 5.76. The molecular formula is C20H21N3O. The van der Waals surface area contributed by atoms with Crippen LogP contribution in [0.3, 0.4) is 0 Å². The van der Waals surface area contributed by atoms with E-state index in [-0.39, 0.29) is 0 Å². The number of aryl methyl sites for hydroxylation is 2. The lowest BCUT2D eigenvalue weighted by atomic mass is 10.1. The van der Waals surface area contributed by atoms with E-state index < -0.39 is 0 Å². The number of hydrogen-bond acceptors (Lipinski definition) is 4. The Labute approximate surface area is 142 Å². The molecule has 4 heteroatoms. The molecule has 0 amide bonds. The van der Waals surface area contributed by atoms with Crippen LogP contribution in [-0.2, 0) is 6.54 Å². The molecule has 0 fully saturated rings. The second kappa shape index (κ2) is 7.13. The van der Waals surface area contributed by atoms with Crippen LogP contribution < -0.4 is 10.1 Å². The van der Waals surface area contributed by atoms with Crippen molar-refractivity contribution < 1.29 is 4.74 Å². The monoisotopic (exact) mass is 319 g/mol. The van der Waals surface area contributed by atoms with Gasteiger partial charge in [0.05, 0.1) is 12.8 Å². The smallest absolute Gasteiger partial charge is 0.130 e. The molecule has 1 aromatic heterocycles. The van der Waals surface area contributed by atoms with E-state index in [0.717, 1.165) is 34.2 Å². The molecule has 3 rings (SSSR count). The minimum atomic E-state index is 0.681. The number of anilines is 1. The molecule has 24 heavy (non-hydrogen) atoms. The van der Waals surface area contributed by atoms with Gasteiger partial charge in [0.1, 0.15) is 17.4 Å². The zero-order valence-corrected chi connectivity index (χ0v) is 14.2. The lowest BCUT2D eigenvalue weighted by Crippen LogP contribution is -2.04. The van der Waals surface area contributed by atoms with Gasteiger partial charge in [-0.3, -0.25) is 0 Å². The molecule has 2 aromatic carbocycles. The molecule has 0 aliphatic heterocycles. The van der Waals surface area contributed by atoms with E-state index in [4.69, 9.17) is 4.74 Å². The van der Waals surface area contributed by atoms with Crippen molar-refractivity contribution in [2.24, 2.45) is 0 Å². The first kappa shape index (κ1) is 16.0. The molecule has 0 unspecified atom stereocenters. The van der Waals surface area contributed by atoms with Crippen molar-refractivity contribution in [1.29, 1.82) is 0 Å². The Bertz CT molecular complexity index is 846. The van der Waals surface area contributed by atoms with Crippen LogP contribution in [0.5, 0.6) is 5.75 Å². The highest BCUT2D eigenvalue weighted by Gasteiger charge is 2.05. The van der Waals surface area contributed by atoms with Gasteiger partial charge in [0.25, 0.3) is 0 Å². The maximum Gasteiger partial charge on any atom is 0.130 e. The SMILES string of the molecule is COc1cccc(CNc2cc(-c3cccc(C)c3)nc(C)n2)c1. The van der Waals surface area contributed by atoms with Gasteiger partial charge in [-0.1, -0.05) is 35.9 Å². The van der Waals surface area contributed by atoms with Crippen molar-refractivity contribution in [3.63, 3.8) is 0 Å². The van der Waals surface area contributed by atoms with Gasteiger partial charge in [0.15, 0.2) is 0 Å². The number of benzene rings is 2. The molecule has 1 heterocycles. The number of rotatable bonds is 5. The maximum absolute atomic E-state index is 5.26. The zero-order valence-electron chi connectivity index (χ0n) is 14.2. The summed E-state index contributed by atoms with van der Waals surface area (Å²) in [7, 11) is 1.68. The fraction of sp³-hybridized carbons (Fsp3) is 0.200. The van der Waals surface area contributed by atoms with Crippen LogP contribution in [0.2, 0.25) is 0 Å². The van der Waals surface area contributed by atoms with Crippen LogP contribution in [0.4, 0.5) is 5.82 Å². The maximum atomic E-state index is 5.26. The van der Waals surface area contributed by atoms with E-state index in [0.29, 0.717) is 6.54 Å². The Kier molecular flexibility index (Phi) is 4.75. The van der Waals surface area contributed by atoms with Gasteiger partial charge in [-0.15, -0.1) is 0 Å². The average Bonchev–Trinajstić information content (AvgIpc) is 2.60. The van der Waals surface area contributed by atoms with Crippen LogP contribution in [-0.4, -0.2) is 17.1 Å². The predicted molar refractivity (Wildman–Crippen MR) is 97.3 cm³/mol. The molecule has 0 saturated carbocycles. The number of hydrogen-bond donors (Lipinski definition) is 1. The molecule has 0 radical (unpaired) electrons. The zero-order chi connectivity index (χ0) is 16.9. The Morgan fingerprint density at radius 2 is 1.79 bits per heavy atom. The first-order valence-electron chi connectivity index (χ1n) is 7.93. The standard InChI is InChI=1S/C20H21N3O/c1-14-6-4-8-17(10-14)19-12-20(23-15(2)22-19)21-13-16-7-5-9-18(11-16)24-3/h4-12H,13H2,1-3H3,(H,21,22,23). The van der Waals surface area contributed by atoms with Crippen molar-refractivity contribution >= 4 is 5.82 Å². The lowest BCUT2D eigenvalue weighted by molar-refractivity contribution is 0.414. The highest BCUT2D eigenvalue weighted by molar-refractivity contribution is 5.63. The van der Waals surface area contributed by atoms with Crippen LogP contribution in [0.1, 0.15) is 17.0 Å². The Balaban J connectivity index is 1.81. The first-order chi connectivity index (χ1) is 11.6. The topological polar surface area (TPSA) is 47.0 Å². The molecule has 0 spiro atoms. The first-order valence-corrected chi connectivity index (χ1v) is 7.93. The van der Waals surface area contributed by atoms with Gasteiger partial charge in [0.2, 0.25) is 0 Å². The fourth-order valence-corrected chi connectivity index (χ4v) is 2.59. The van der Waals surface area contributed by atoms with Crippen molar-refractivity contribution in [2.45, 2.75) is 20.4 Å². The quantitative estimate of drug-likeness (QED) is 0.758. The third kappa shape index (κ3) is 3.90. The number of methoxy groups -OCH3 is 1. The van der Waals surface area contributed by atoms with Gasteiger partial charge in [-0.2, -0.15) is 0 Å². The lowest BCUT2D eigenvalue weighted by Gasteiger charge is -2.10. The van der Waals surface area contributed by atoms with E-state index in [1.165, 1.54) is 5.56 Å². The summed E-state index contributed by atoms with van der Waals surface area (Å²) in [4.78, 5) is 9.04. The summed E-state index contributed by atoms with van der Waals surface area (Å²) >= 11 is 0. The van der Waals surface area contributed by atoms with E-state index in [1.807, 2.05) is 37.3 Å². The van der Waals surface area contributed by atoms with Crippen LogP contribution in [0, 0.1) is 13.8 Å². The summed E-state index contributed by atoms with van der Waals surface area (Å²) in [6.45, 7) is 4.68. The van der Waals surface area contributed by atoms with E-state index in [9.17, 15) is 0 Å². The van der Waals surface area contributed by atoms with E-state index in [2.05, 4.69) is 46.5 Å². The fourth-order valence-electron chi connectivity index (χ4n) is 2.59. The summed E-state index contributed by atoms with van der Waals surface area (Å²) in [5.41, 5.74) is 4.39. The average molecular weight is 319 g/mol. The molecule has 0 bridgehead atoms. The Morgan fingerprint density at radius 3 is 2.58 bits per heavy atom. The van der Waals surface area contributed by atoms with Crippen molar-refractivity contribution in [2.75, 3.05) is 12.4 Å².